The molecule has 2 aromatic rings. The van der Waals surface area contributed by atoms with Gasteiger partial charge in [-0.2, -0.15) is 0 Å². The molecule has 0 radical (unpaired) electrons. The molecule has 3 heterocycles. The molecule has 1 amide bonds. The van der Waals surface area contributed by atoms with Gasteiger partial charge in [-0.05, 0) is 53.0 Å². The van der Waals surface area contributed by atoms with E-state index in [2.05, 4.69) is 5.16 Å². The summed E-state index contributed by atoms with van der Waals surface area (Å²) in [4.78, 5) is 15.1. The molecule has 24 heavy (non-hydrogen) atoms. The van der Waals surface area contributed by atoms with Crippen molar-refractivity contribution in [3.8, 4) is 5.82 Å². The van der Waals surface area contributed by atoms with Gasteiger partial charge in [0.25, 0.3) is 5.91 Å². The fourth-order valence-electron chi connectivity index (χ4n) is 3.70. The predicted octanol–water partition coefficient (Wildman–Crippen LogP) is 2.73. The minimum absolute atomic E-state index is 0.0177. The van der Waals surface area contributed by atoms with E-state index in [1.165, 1.54) is 0 Å². The van der Waals surface area contributed by atoms with Crippen LogP contribution < -0.4 is 5.73 Å². The normalized spacial score (nSPS) is 19.5. The summed E-state index contributed by atoms with van der Waals surface area (Å²) in [5, 5.41) is 4.08. The molecule has 1 fully saturated rings. The molecule has 6 heteroatoms. The number of aryl methyl sites for hydroxylation is 2. The molecule has 2 aromatic heterocycles. The minimum atomic E-state index is -0.0177. The van der Waals surface area contributed by atoms with Gasteiger partial charge < -0.3 is 15.2 Å². The fourth-order valence-corrected chi connectivity index (χ4v) is 3.70. The molecule has 130 valence electrons. The van der Waals surface area contributed by atoms with Crippen LogP contribution in [0, 0.1) is 20.8 Å². The first-order chi connectivity index (χ1) is 11.4. The maximum atomic E-state index is 13.2. The van der Waals surface area contributed by atoms with Crippen LogP contribution in [0.4, 0.5) is 0 Å². The highest BCUT2D eigenvalue weighted by atomic mass is 16.5. The van der Waals surface area contributed by atoms with Crippen molar-refractivity contribution in [1.82, 2.24) is 14.6 Å². The zero-order chi connectivity index (χ0) is 17.4. The van der Waals surface area contributed by atoms with Crippen LogP contribution in [0.2, 0.25) is 0 Å². The summed E-state index contributed by atoms with van der Waals surface area (Å²) in [5.74, 6) is 1.53. The lowest BCUT2D eigenvalue weighted by Crippen LogP contribution is -2.51. The largest absolute Gasteiger partial charge is 0.360 e. The van der Waals surface area contributed by atoms with E-state index in [0.29, 0.717) is 5.82 Å². The third-order valence-electron chi connectivity index (χ3n) is 4.92. The van der Waals surface area contributed by atoms with Crippen molar-refractivity contribution in [3.05, 3.63) is 34.8 Å². The molecule has 1 aliphatic rings. The van der Waals surface area contributed by atoms with E-state index < -0.39 is 0 Å². The Morgan fingerprint density at radius 3 is 2.71 bits per heavy atom. The lowest BCUT2D eigenvalue weighted by molar-refractivity contribution is 0.0583. The van der Waals surface area contributed by atoms with E-state index in [0.717, 1.165) is 48.5 Å². The van der Waals surface area contributed by atoms with E-state index in [1.807, 2.05) is 49.3 Å². The molecule has 2 atom stereocenters. The Morgan fingerprint density at radius 2 is 2.08 bits per heavy atom. The summed E-state index contributed by atoms with van der Waals surface area (Å²) in [5.41, 5.74) is 8.70. The summed E-state index contributed by atoms with van der Waals surface area (Å²) in [6.07, 6.45) is 3.15. The Hall–Kier alpha value is -2.08. The maximum Gasteiger partial charge on any atom is 0.255 e. The van der Waals surface area contributed by atoms with Crippen LogP contribution in [-0.2, 0) is 0 Å². The SMILES string of the molecule is Cc1cc(-n2c(C)cc(C(=O)N3CCCC[C@H]3[C@@H](C)N)c2C)no1. The van der Waals surface area contributed by atoms with Crippen LogP contribution in [0.3, 0.4) is 0 Å². The van der Waals surface area contributed by atoms with Gasteiger partial charge in [0.15, 0.2) is 5.82 Å². The summed E-state index contributed by atoms with van der Waals surface area (Å²) in [6, 6.07) is 3.91. The smallest absolute Gasteiger partial charge is 0.255 e. The van der Waals surface area contributed by atoms with Gasteiger partial charge in [0.05, 0.1) is 5.56 Å². The summed E-state index contributed by atoms with van der Waals surface area (Å²) in [7, 11) is 0. The molecule has 0 spiro atoms. The summed E-state index contributed by atoms with van der Waals surface area (Å²) >= 11 is 0. The molecule has 1 aliphatic heterocycles. The van der Waals surface area contributed by atoms with Gasteiger partial charge in [-0.25, -0.2) is 0 Å². The number of likely N-dealkylation sites (tertiary alicyclic amines) is 1. The predicted molar refractivity (Wildman–Crippen MR) is 92.4 cm³/mol. The highest BCUT2D eigenvalue weighted by Crippen LogP contribution is 2.26. The highest BCUT2D eigenvalue weighted by Gasteiger charge is 2.31. The molecule has 0 saturated carbocycles. The second-order valence-corrected chi connectivity index (χ2v) is 6.84. The molecule has 0 bridgehead atoms. The van der Waals surface area contributed by atoms with Crippen molar-refractivity contribution < 1.29 is 9.32 Å². The van der Waals surface area contributed by atoms with Gasteiger partial charge >= 0.3 is 0 Å². The van der Waals surface area contributed by atoms with E-state index >= 15 is 0 Å². The molecule has 6 nitrogen and oxygen atoms in total. The first-order valence-corrected chi connectivity index (χ1v) is 8.59. The monoisotopic (exact) mass is 330 g/mol. The summed E-state index contributed by atoms with van der Waals surface area (Å²) in [6.45, 7) is 8.55. The molecular formula is C18H26N4O2. The van der Waals surface area contributed by atoms with Crippen LogP contribution in [0.5, 0.6) is 0 Å². The van der Waals surface area contributed by atoms with Crippen molar-refractivity contribution in [3.63, 3.8) is 0 Å². The van der Waals surface area contributed by atoms with Crippen molar-refractivity contribution in [1.29, 1.82) is 0 Å². The number of carbonyl (C=O) groups excluding carboxylic acids is 1. The molecular weight excluding hydrogens is 304 g/mol. The maximum absolute atomic E-state index is 13.2. The van der Waals surface area contributed by atoms with Gasteiger partial charge in [-0.1, -0.05) is 5.16 Å². The Balaban J connectivity index is 1.96. The van der Waals surface area contributed by atoms with Crippen LogP contribution >= 0.6 is 0 Å². The van der Waals surface area contributed by atoms with Crippen LogP contribution in [-0.4, -0.2) is 39.2 Å². The minimum Gasteiger partial charge on any atom is -0.360 e. The van der Waals surface area contributed by atoms with Gasteiger partial charge in [-0.3, -0.25) is 9.36 Å². The number of amides is 1. The first-order valence-electron chi connectivity index (χ1n) is 8.59. The van der Waals surface area contributed by atoms with Crippen molar-refractivity contribution in [2.24, 2.45) is 5.73 Å². The number of nitrogens with two attached hydrogens (primary N) is 1. The Bertz CT molecular complexity index is 744. The van der Waals surface area contributed by atoms with Crippen molar-refractivity contribution >= 4 is 5.91 Å². The van der Waals surface area contributed by atoms with Crippen LogP contribution in [0.1, 0.15) is 53.7 Å². The fraction of sp³-hybridized carbons (Fsp3) is 0.556. The van der Waals surface area contributed by atoms with E-state index in [4.69, 9.17) is 10.3 Å². The van der Waals surface area contributed by atoms with Crippen molar-refractivity contribution in [2.75, 3.05) is 6.54 Å². The van der Waals surface area contributed by atoms with Gasteiger partial charge in [-0.15, -0.1) is 0 Å². The van der Waals surface area contributed by atoms with Gasteiger partial charge in [0.2, 0.25) is 0 Å². The van der Waals surface area contributed by atoms with E-state index in [-0.39, 0.29) is 18.0 Å². The third-order valence-corrected chi connectivity index (χ3v) is 4.92. The first kappa shape index (κ1) is 16.8. The zero-order valence-electron chi connectivity index (χ0n) is 14.9. The number of rotatable bonds is 3. The number of aromatic nitrogens is 2. The standard InChI is InChI=1S/C18H26N4O2/c1-11-9-15(14(4)22(11)17-10-12(2)24-20-17)18(23)21-8-6-5-7-16(21)13(3)19/h9-10,13,16H,5-8,19H2,1-4H3/t13-,16+/m1/s1. The molecule has 2 N–H and O–H groups in total. The lowest BCUT2D eigenvalue weighted by atomic mass is 9.96. The number of hydrogen-bond donors (Lipinski definition) is 1. The zero-order valence-corrected chi connectivity index (χ0v) is 14.9. The number of piperidine rings is 1. The highest BCUT2D eigenvalue weighted by molar-refractivity contribution is 5.96. The average Bonchev–Trinajstić information content (AvgIpc) is 3.09. The molecule has 0 aliphatic carbocycles. The molecule has 3 rings (SSSR count). The van der Waals surface area contributed by atoms with E-state index in [1.54, 1.807) is 0 Å². The van der Waals surface area contributed by atoms with E-state index in [9.17, 15) is 4.79 Å². The second-order valence-electron chi connectivity index (χ2n) is 6.84. The molecule has 0 unspecified atom stereocenters. The third kappa shape index (κ3) is 2.86. The summed E-state index contributed by atoms with van der Waals surface area (Å²) < 4.78 is 7.15. The van der Waals surface area contributed by atoms with Crippen LogP contribution in [0.15, 0.2) is 16.7 Å². The van der Waals surface area contributed by atoms with Crippen LogP contribution in [0.25, 0.3) is 5.82 Å². The Labute approximate surface area is 142 Å². The van der Waals surface area contributed by atoms with Gasteiger partial charge in [0.1, 0.15) is 5.76 Å². The van der Waals surface area contributed by atoms with Crippen molar-refractivity contribution in [2.45, 2.75) is 59.0 Å². The Kier molecular flexibility index (Phi) is 4.49. The Morgan fingerprint density at radius 1 is 1.33 bits per heavy atom. The number of nitrogens with zero attached hydrogens (tertiary/aromatic N) is 3. The number of carbonyl (C=O) groups is 1. The average molecular weight is 330 g/mol. The topological polar surface area (TPSA) is 77.3 Å². The quantitative estimate of drug-likeness (QED) is 0.938. The molecule has 0 aromatic carbocycles. The number of hydrogen-bond acceptors (Lipinski definition) is 4. The van der Waals surface area contributed by atoms with Gasteiger partial charge in [0, 0.05) is 36.1 Å². The lowest BCUT2D eigenvalue weighted by Gasteiger charge is -2.38. The molecule has 1 saturated heterocycles. The second kappa shape index (κ2) is 6.43.